The first kappa shape index (κ1) is 12.4. The van der Waals surface area contributed by atoms with Crippen LogP contribution in [0.3, 0.4) is 0 Å². The van der Waals surface area contributed by atoms with E-state index in [4.69, 9.17) is 10.5 Å². The fraction of sp³-hybridized carbons (Fsp3) is 0.500. The smallest absolute Gasteiger partial charge is 0.119 e. The second-order valence-electron chi connectivity index (χ2n) is 3.39. The van der Waals surface area contributed by atoms with Gasteiger partial charge in [-0.05, 0) is 43.0 Å². The standard InChI is InChI=1S/C12H19NOS/c1-3-14-11-6-4-10(5-7-11)12(13)8-9-15-2/h4-7,12H,3,8-9,13H2,1-2H3. The lowest BCUT2D eigenvalue weighted by molar-refractivity contribution is 0.340. The third-order valence-electron chi connectivity index (χ3n) is 2.25. The molecule has 0 aliphatic rings. The summed E-state index contributed by atoms with van der Waals surface area (Å²) < 4.78 is 5.38. The molecule has 15 heavy (non-hydrogen) atoms. The molecular weight excluding hydrogens is 206 g/mol. The van der Waals surface area contributed by atoms with E-state index < -0.39 is 0 Å². The minimum absolute atomic E-state index is 0.146. The van der Waals surface area contributed by atoms with Gasteiger partial charge in [0, 0.05) is 6.04 Å². The average Bonchev–Trinajstić information content (AvgIpc) is 2.27. The van der Waals surface area contributed by atoms with Gasteiger partial charge in [0.15, 0.2) is 0 Å². The van der Waals surface area contributed by atoms with Gasteiger partial charge in [-0.15, -0.1) is 0 Å². The van der Waals surface area contributed by atoms with Crippen LogP contribution >= 0.6 is 11.8 Å². The molecule has 1 aromatic carbocycles. The van der Waals surface area contributed by atoms with Crippen molar-refractivity contribution < 1.29 is 4.74 Å². The first-order valence-corrected chi connectivity index (χ1v) is 6.64. The van der Waals surface area contributed by atoms with Crippen molar-refractivity contribution in [1.82, 2.24) is 0 Å². The number of rotatable bonds is 6. The Morgan fingerprint density at radius 2 is 2.00 bits per heavy atom. The lowest BCUT2D eigenvalue weighted by Gasteiger charge is -2.11. The summed E-state index contributed by atoms with van der Waals surface area (Å²) in [5, 5.41) is 0. The maximum atomic E-state index is 6.05. The molecule has 0 fully saturated rings. The molecule has 0 saturated heterocycles. The fourth-order valence-corrected chi connectivity index (χ4v) is 1.88. The van der Waals surface area contributed by atoms with E-state index in [0.717, 1.165) is 17.9 Å². The number of hydrogen-bond donors (Lipinski definition) is 1. The van der Waals surface area contributed by atoms with Gasteiger partial charge >= 0.3 is 0 Å². The maximum absolute atomic E-state index is 6.05. The summed E-state index contributed by atoms with van der Waals surface area (Å²) in [5.74, 6) is 2.02. The molecule has 0 heterocycles. The SMILES string of the molecule is CCOc1ccc(C(N)CCSC)cc1. The molecule has 3 heteroatoms. The zero-order valence-electron chi connectivity index (χ0n) is 9.40. The highest BCUT2D eigenvalue weighted by Gasteiger charge is 2.05. The van der Waals surface area contributed by atoms with Gasteiger partial charge in [0.1, 0.15) is 5.75 Å². The molecule has 1 atom stereocenters. The second-order valence-corrected chi connectivity index (χ2v) is 4.38. The molecule has 0 saturated carbocycles. The summed E-state index contributed by atoms with van der Waals surface area (Å²) in [7, 11) is 0. The summed E-state index contributed by atoms with van der Waals surface area (Å²) in [4.78, 5) is 0. The molecule has 0 aromatic heterocycles. The van der Waals surface area contributed by atoms with E-state index in [2.05, 4.69) is 18.4 Å². The van der Waals surface area contributed by atoms with Gasteiger partial charge in [-0.2, -0.15) is 11.8 Å². The van der Waals surface area contributed by atoms with Crippen LogP contribution in [-0.2, 0) is 0 Å². The fourth-order valence-electron chi connectivity index (χ4n) is 1.39. The van der Waals surface area contributed by atoms with Gasteiger partial charge in [0.25, 0.3) is 0 Å². The lowest BCUT2D eigenvalue weighted by Crippen LogP contribution is -2.10. The van der Waals surface area contributed by atoms with E-state index in [9.17, 15) is 0 Å². The van der Waals surface area contributed by atoms with Crippen molar-refractivity contribution in [3.8, 4) is 5.75 Å². The van der Waals surface area contributed by atoms with E-state index in [1.165, 1.54) is 5.56 Å². The molecular formula is C12H19NOS. The van der Waals surface area contributed by atoms with Crippen molar-refractivity contribution in [2.45, 2.75) is 19.4 Å². The normalized spacial score (nSPS) is 12.5. The Labute approximate surface area is 96.2 Å². The zero-order valence-corrected chi connectivity index (χ0v) is 10.2. The number of hydrogen-bond acceptors (Lipinski definition) is 3. The van der Waals surface area contributed by atoms with E-state index >= 15 is 0 Å². The largest absolute Gasteiger partial charge is 0.494 e. The Hall–Kier alpha value is -0.670. The molecule has 0 aliphatic heterocycles. The molecule has 0 radical (unpaired) electrons. The van der Waals surface area contributed by atoms with Gasteiger partial charge < -0.3 is 10.5 Å². The van der Waals surface area contributed by atoms with Crippen molar-refractivity contribution >= 4 is 11.8 Å². The Morgan fingerprint density at radius 1 is 1.33 bits per heavy atom. The van der Waals surface area contributed by atoms with E-state index in [-0.39, 0.29) is 6.04 Å². The van der Waals surface area contributed by atoms with Crippen LogP contribution in [-0.4, -0.2) is 18.6 Å². The molecule has 1 unspecified atom stereocenters. The first-order chi connectivity index (χ1) is 7.27. The van der Waals surface area contributed by atoms with Crippen LogP contribution in [0, 0.1) is 0 Å². The van der Waals surface area contributed by atoms with Crippen molar-refractivity contribution in [3.63, 3.8) is 0 Å². The third kappa shape index (κ3) is 4.14. The predicted octanol–water partition coefficient (Wildman–Crippen LogP) is 2.84. The number of benzene rings is 1. The van der Waals surface area contributed by atoms with Crippen molar-refractivity contribution in [2.75, 3.05) is 18.6 Å². The molecule has 0 spiro atoms. The van der Waals surface area contributed by atoms with Gasteiger partial charge in [-0.1, -0.05) is 12.1 Å². The van der Waals surface area contributed by atoms with Crippen molar-refractivity contribution in [2.24, 2.45) is 5.73 Å². The monoisotopic (exact) mass is 225 g/mol. The van der Waals surface area contributed by atoms with Crippen LogP contribution in [0.15, 0.2) is 24.3 Å². The molecule has 2 nitrogen and oxygen atoms in total. The first-order valence-electron chi connectivity index (χ1n) is 5.25. The van der Waals surface area contributed by atoms with Crippen LogP contribution in [0.25, 0.3) is 0 Å². The minimum Gasteiger partial charge on any atom is -0.494 e. The maximum Gasteiger partial charge on any atom is 0.119 e. The zero-order chi connectivity index (χ0) is 11.1. The predicted molar refractivity (Wildman–Crippen MR) is 67.5 cm³/mol. The molecule has 0 aliphatic carbocycles. The molecule has 2 N–H and O–H groups in total. The van der Waals surface area contributed by atoms with Crippen LogP contribution in [0.2, 0.25) is 0 Å². The third-order valence-corrected chi connectivity index (χ3v) is 2.90. The van der Waals surface area contributed by atoms with Gasteiger partial charge in [0.2, 0.25) is 0 Å². The summed E-state index contributed by atoms with van der Waals surface area (Å²) in [6.45, 7) is 2.69. The van der Waals surface area contributed by atoms with E-state index in [0.29, 0.717) is 6.61 Å². The highest BCUT2D eigenvalue weighted by atomic mass is 32.2. The number of nitrogens with two attached hydrogens (primary N) is 1. The van der Waals surface area contributed by atoms with Crippen LogP contribution in [0.4, 0.5) is 0 Å². The molecule has 84 valence electrons. The summed E-state index contributed by atoms with van der Waals surface area (Å²) in [6, 6.07) is 8.22. The van der Waals surface area contributed by atoms with Gasteiger partial charge in [-0.25, -0.2) is 0 Å². The van der Waals surface area contributed by atoms with E-state index in [1.54, 1.807) is 0 Å². The molecule has 0 amide bonds. The minimum atomic E-state index is 0.146. The number of ether oxygens (including phenoxy) is 1. The van der Waals surface area contributed by atoms with Crippen LogP contribution in [0.1, 0.15) is 24.9 Å². The van der Waals surface area contributed by atoms with Crippen molar-refractivity contribution in [3.05, 3.63) is 29.8 Å². The Morgan fingerprint density at radius 3 is 2.53 bits per heavy atom. The summed E-state index contributed by atoms with van der Waals surface area (Å²) >= 11 is 1.83. The molecule has 1 aromatic rings. The Bertz CT molecular complexity index is 273. The molecule has 1 rings (SSSR count). The highest BCUT2D eigenvalue weighted by molar-refractivity contribution is 7.98. The van der Waals surface area contributed by atoms with Crippen LogP contribution < -0.4 is 10.5 Å². The average molecular weight is 225 g/mol. The summed E-state index contributed by atoms with van der Waals surface area (Å²) in [6.07, 6.45) is 3.13. The quantitative estimate of drug-likeness (QED) is 0.808. The highest BCUT2D eigenvalue weighted by Crippen LogP contribution is 2.19. The Balaban J connectivity index is 2.54. The Kier molecular flexibility index (Phi) is 5.58. The van der Waals surface area contributed by atoms with Gasteiger partial charge in [0.05, 0.1) is 6.61 Å². The number of thioether (sulfide) groups is 1. The van der Waals surface area contributed by atoms with Crippen molar-refractivity contribution in [1.29, 1.82) is 0 Å². The topological polar surface area (TPSA) is 35.2 Å². The molecule has 0 bridgehead atoms. The van der Waals surface area contributed by atoms with Gasteiger partial charge in [-0.3, -0.25) is 0 Å². The van der Waals surface area contributed by atoms with Crippen LogP contribution in [0.5, 0.6) is 5.75 Å². The summed E-state index contributed by atoms with van der Waals surface area (Å²) in [5.41, 5.74) is 7.24. The van der Waals surface area contributed by atoms with E-state index in [1.807, 2.05) is 30.8 Å². The second kappa shape index (κ2) is 6.75. The lowest BCUT2D eigenvalue weighted by atomic mass is 10.1.